The molecule has 1 amide bonds. The molecule has 200 valence electrons. The summed E-state index contributed by atoms with van der Waals surface area (Å²) in [5.41, 5.74) is 1.90. The number of fused-ring (bicyclic) bond motifs is 5. The van der Waals surface area contributed by atoms with Crippen LogP contribution in [0.2, 0.25) is 0 Å². The maximum Gasteiger partial charge on any atom is 0.416 e. The van der Waals surface area contributed by atoms with E-state index in [4.69, 9.17) is 4.74 Å². The lowest BCUT2D eigenvalue weighted by Crippen LogP contribution is -2.59. The maximum absolute atomic E-state index is 13.5. The first-order valence-electron chi connectivity index (χ1n) is 13.2. The fourth-order valence-electron chi connectivity index (χ4n) is 6.82. The molecule has 0 saturated carbocycles. The molecule has 0 spiro atoms. The Balaban J connectivity index is 1.23. The molecule has 2 saturated heterocycles. The minimum Gasteiger partial charge on any atom is -0.448 e. The molecule has 3 aromatic carbocycles. The normalized spacial score (nSPS) is 24.0. The molecule has 1 aliphatic carbocycles. The van der Waals surface area contributed by atoms with E-state index in [-0.39, 0.29) is 36.5 Å². The molecule has 0 radical (unpaired) electrons. The van der Waals surface area contributed by atoms with Gasteiger partial charge in [0.2, 0.25) is 0 Å². The largest absolute Gasteiger partial charge is 0.448 e. The highest BCUT2D eigenvalue weighted by Crippen LogP contribution is 2.48. The third-order valence-electron chi connectivity index (χ3n) is 8.52. The quantitative estimate of drug-likeness (QED) is 0.406. The van der Waals surface area contributed by atoms with Gasteiger partial charge in [-0.3, -0.25) is 0 Å². The van der Waals surface area contributed by atoms with Gasteiger partial charge in [-0.05, 0) is 59.7 Å². The second kappa shape index (κ2) is 9.42. The number of nitrogens with zero attached hydrogens (tertiary/aromatic N) is 2. The summed E-state index contributed by atoms with van der Waals surface area (Å²) in [6.07, 6.45) is -2.94. The molecule has 8 heteroatoms. The van der Waals surface area contributed by atoms with E-state index in [9.17, 15) is 28.3 Å². The van der Waals surface area contributed by atoms with Crippen LogP contribution in [0, 0.1) is 11.3 Å². The number of alkyl halides is 3. The van der Waals surface area contributed by atoms with E-state index in [0.29, 0.717) is 12.8 Å². The van der Waals surface area contributed by atoms with Crippen molar-refractivity contribution in [2.24, 2.45) is 0 Å². The van der Waals surface area contributed by atoms with Gasteiger partial charge in [0.05, 0.1) is 22.8 Å². The van der Waals surface area contributed by atoms with Gasteiger partial charge >= 0.3 is 12.3 Å². The van der Waals surface area contributed by atoms with E-state index in [2.05, 4.69) is 12.1 Å². The van der Waals surface area contributed by atoms with E-state index in [1.165, 1.54) is 0 Å². The number of hydrogen-bond donors (Lipinski definition) is 1. The van der Waals surface area contributed by atoms with E-state index in [1.807, 2.05) is 42.5 Å². The number of carbonyl (C=O) groups excluding carboxylic acids is 1. The van der Waals surface area contributed by atoms with Gasteiger partial charge in [0.1, 0.15) is 6.61 Å². The molecule has 2 bridgehead atoms. The first-order valence-corrected chi connectivity index (χ1v) is 13.2. The van der Waals surface area contributed by atoms with Gasteiger partial charge in [-0.1, -0.05) is 48.5 Å². The third-order valence-corrected chi connectivity index (χ3v) is 8.52. The number of halogens is 3. The van der Waals surface area contributed by atoms with Gasteiger partial charge < -0.3 is 14.7 Å². The zero-order valence-electron chi connectivity index (χ0n) is 21.1. The Hall–Kier alpha value is -3.83. The molecular formula is C31H27F3N2O3. The predicted molar refractivity (Wildman–Crippen MR) is 138 cm³/mol. The molecule has 2 heterocycles. The maximum atomic E-state index is 13.5. The molecule has 1 N–H and O–H groups in total. The van der Waals surface area contributed by atoms with Crippen LogP contribution in [-0.2, 0) is 16.5 Å². The summed E-state index contributed by atoms with van der Waals surface area (Å²) in [5, 5.41) is 21.3. The summed E-state index contributed by atoms with van der Waals surface area (Å²) in [6.45, 7) is 0.166. The SMILES string of the molecule is N#Cc1ccc(C(F)(F)F)cc1C1(O)CC2CCCC(C1)N2C(=O)OCC1c2ccccc2-c2ccccc21. The highest BCUT2D eigenvalue weighted by atomic mass is 19.4. The second-order valence-electron chi connectivity index (χ2n) is 10.8. The fraction of sp³-hybridized carbons (Fsp3) is 0.355. The average molecular weight is 533 g/mol. The van der Waals surface area contributed by atoms with Crippen LogP contribution in [0.5, 0.6) is 0 Å². The molecule has 5 nitrogen and oxygen atoms in total. The number of aliphatic hydroxyl groups is 1. The van der Waals surface area contributed by atoms with Crippen molar-refractivity contribution in [3.8, 4) is 17.2 Å². The van der Waals surface area contributed by atoms with Crippen molar-refractivity contribution < 1.29 is 27.8 Å². The van der Waals surface area contributed by atoms with E-state index in [0.717, 1.165) is 46.9 Å². The monoisotopic (exact) mass is 532 g/mol. The van der Waals surface area contributed by atoms with Crippen LogP contribution >= 0.6 is 0 Å². The first-order chi connectivity index (χ1) is 18.7. The molecule has 2 unspecified atom stereocenters. The lowest BCUT2D eigenvalue weighted by atomic mass is 9.71. The minimum absolute atomic E-state index is 0.0122. The van der Waals surface area contributed by atoms with Crippen LogP contribution in [0.3, 0.4) is 0 Å². The predicted octanol–water partition coefficient (Wildman–Crippen LogP) is 6.73. The lowest BCUT2D eigenvalue weighted by molar-refractivity contribution is -0.138. The van der Waals surface area contributed by atoms with Crippen molar-refractivity contribution in [2.75, 3.05) is 6.61 Å². The van der Waals surface area contributed by atoms with Crippen LogP contribution in [0.1, 0.15) is 65.8 Å². The Bertz CT molecular complexity index is 1420. The topological polar surface area (TPSA) is 73.6 Å². The standard InChI is InChI=1S/C31H27F3N2O3/c32-31(33,34)20-13-12-19(17-35)28(14-20)30(38)15-21-6-5-7-22(16-30)36(21)29(37)39-18-27-25-10-3-1-8-23(25)24-9-2-4-11-26(24)27/h1-4,8-14,21-22,27,38H,5-7,15-16,18H2. The van der Waals surface area contributed by atoms with E-state index < -0.39 is 35.5 Å². The van der Waals surface area contributed by atoms with Gasteiger partial charge in [-0.2, -0.15) is 18.4 Å². The van der Waals surface area contributed by atoms with Crippen molar-refractivity contribution in [2.45, 2.75) is 61.9 Å². The number of ether oxygens (including phenoxy) is 1. The molecule has 39 heavy (non-hydrogen) atoms. The van der Waals surface area contributed by atoms with Crippen LogP contribution in [0.15, 0.2) is 66.7 Å². The zero-order chi connectivity index (χ0) is 27.4. The molecule has 3 aromatic rings. The molecule has 0 aromatic heterocycles. The Kier molecular flexibility index (Phi) is 6.15. The number of carbonyl (C=O) groups is 1. The van der Waals surface area contributed by atoms with Gasteiger partial charge in [0.25, 0.3) is 0 Å². The molecule has 3 aliphatic rings. The van der Waals surface area contributed by atoms with Gasteiger partial charge in [0, 0.05) is 36.4 Å². The zero-order valence-corrected chi connectivity index (χ0v) is 21.1. The van der Waals surface area contributed by atoms with Crippen LogP contribution in [-0.4, -0.2) is 34.8 Å². The summed E-state index contributed by atoms with van der Waals surface area (Å²) in [7, 11) is 0. The fourth-order valence-corrected chi connectivity index (χ4v) is 6.82. The average Bonchev–Trinajstić information content (AvgIpc) is 3.24. The number of benzene rings is 3. The van der Waals surface area contributed by atoms with E-state index >= 15 is 0 Å². The summed E-state index contributed by atoms with van der Waals surface area (Å²) in [6, 6.07) is 20.1. The Morgan fingerprint density at radius 2 is 1.59 bits per heavy atom. The van der Waals surface area contributed by atoms with Gasteiger partial charge in [-0.25, -0.2) is 4.79 Å². The number of amides is 1. The highest BCUT2D eigenvalue weighted by molar-refractivity contribution is 5.79. The second-order valence-corrected chi connectivity index (χ2v) is 10.8. The number of hydrogen-bond acceptors (Lipinski definition) is 4. The molecule has 2 aliphatic heterocycles. The molecule has 2 atom stereocenters. The van der Waals surface area contributed by atoms with Crippen molar-refractivity contribution >= 4 is 6.09 Å². The molecule has 2 fully saturated rings. The van der Waals surface area contributed by atoms with Crippen LogP contribution in [0.25, 0.3) is 11.1 Å². The Morgan fingerprint density at radius 1 is 1.00 bits per heavy atom. The summed E-state index contributed by atoms with van der Waals surface area (Å²) >= 11 is 0. The van der Waals surface area contributed by atoms with Crippen molar-refractivity contribution in [1.29, 1.82) is 5.26 Å². The van der Waals surface area contributed by atoms with Crippen LogP contribution < -0.4 is 0 Å². The third kappa shape index (κ3) is 4.35. The lowest BCUT2D eigenvalue weighted by Gasteiger charge is -2.51. The van der Waals surface area contributed by atoms with Crippen molar-refractivity contribution in [3.63, 3.8) is 0 Å². The Morgan fingerprint density at radius 3 is 2.15 bits per heavy atom. The van der Waals surface area contributed by atoms with Crippen molar-refractivity contribution in [1.82, 2.24) is 4.90 Å². The summed E-state index contributed by atoms with van der Waals surface area (Å²) in [4.78, 5) is 15.1. The molecule has 6 rings (SSSR count). The number of rotatable bonds is 3. The van der Waals surface area contributed by atoms with Gasteiger partial charge in [0.15, 0.2) is 0 Å². The molecular weight excluding hydrogens is 505 g/mol. The highest BCUT2D eigenvalue weighted by Gasteiger charge is 2.50. The number of nitriles is 1. The van der Waals surface area contributed by atoms with Gasteiger partial charge in [-0.15, -0.1) is 0 Å². The first kappa shape index (κ1) is 25.4. The van der Waals surface area contributed by atoms with E-state index in [1.54, 1.807) is 4.90 Å². The summed E-state index contributed by atoms with van der Waals surface area (Å²) < 4.78 is 46.3. The van der Waals surface area contributed by atoms with Crippen LogP contribution in [0.4, 0.5) is 18.0 Å². The summed E-state index contributed by atoms with van der Waals surface area (Å²) in [5.74, 6) is -0.0915. The van der Waals surface area contributed by atoms with Crippen molar-refractivity contribution in [3.05, 3.63) is 94.5 Å². The Labute approximate surface area is 224 Å². The smallest absolute Gasteiger partial charge is 0.416 e. The minimum atomic E-state index is -4.60. The number of piperidine rings is 2.